The monoisotopic (exact) mass is 420 g/mol. The van der Waals surface area contributed by atoms with Crippen LogP contribution in [0, 0.1) is 0 Å². The van der Waals surface area contributed by atoms with Crippen LogP contribution in [0.1, 0.15) is 67.2 Å². The molecule has 0 spiro atoms. The maximum Gasteiger partial charge on any atom is 0.119 e. The quantitative estimate of drug-likeness (QED) is 0.573. The van der Waals surface area contributed by atoms with Crippen LogP contribution in [0.5, 0.6) is 11.5 Å². The highest BCUT2D eigenvalue weighted by molar-refractivity contribution is 5.47. The summed E-state index contributed by atoms with van der Waals surface area (Å²) in [4.78, 5) is 5.27. The first kappa shape index (κ1) is 20.8. The fourth-order valence-electron chi connectivity index (χ4n) is 5.78. The molecule has 2 aromatic carbocycles. The first-order chi connectivity index (χ1) is 15.3. The zero-order chi connectivity index (χ0) is 21.0. The lowest BCUT2D eigenvalue weighted by Gasteiger charge is -2.37. The van der Waals surface area contributed by atoms with Gasteiger partial charge in [0, 0.05) is 25.0 Å². The van der Waals surface area contributed by atoms with Gasteiger partial charge in [-0.05, 0) is 92.7 Å². The maximum absolute atomic E-state index is 6.22. The van der Waals surface area contributed by atoms with Crippen LogP contribution in [0.15, 0.2) is 42.5 Å². The first-order valence-corrected chi connectivity index (χ1v) is 12.2. The molecule has 31 heavy (non-hydrogen) atoms. The molecule has 0 N–H and O–H groups in total. The molecular weight excluding hydrogens is 384 g/mol. The molecule has 4 nitrogen and oxygen atoms in total. The fourth-order valence-corrected chi connectivity index (χ4v) is 5.78. The van der Waals surface area contributed by atoms with E-state index >= 15 is 0 Å². The van der Waals surface area contributed by atoms with Crippen molar-refractivity contribution in [3.63, 3.8) is 0 Å². The Kier molecular flexibility index (Phi) is 6.47. The lowest BCUT2D eigenvalue weighted by molar-refractivity contribution is 0.204. The number of hydrogen-bond acceptors (Lipinski definition) is 4. The average Bonchev–Trinajstić information content (AvgIpc) is 3.31. The number of rotatable bonds is 7. The second-order valence-corrected chi connectivity index (χ2v) is 9.38. The minimum atomic E-state index is 0.396. The van der Waals surface area contributed by atoms with E-state index in [2.05, 4.69) is 46.2 Å². The molecule has 2 aromatic rings. The predicted molar refractivity (Wildman–Crippen MR) is 125 cm³/mol. The standard InChI is InChI=1S/C27H36N2O2/c1-30-22-9-5-8-21(18-22)26-20-29-16-6-10-27(29)25-19-23(11-12-24(25)26)31-17-7-15-28-13-3-2-4-14-28/h5,8-9,11-12,18-19,26-27H,2-4,6-7,10,13-17,20H2,1H3/t26-,27+/m0/s1. The van der Waals surface area contributed by atoms with Gasteiger partial charge in [-0.25, -0.2) is 0 Å². The molecule has 4 heteroatoms. The van der Waals surface area contributed by atoms with Crippen LogP contribution in [0.3, 0.4) is 0 Å². The van der Waals surface area contributed by atoms with E-state index in [1.54, 1.807) is 7.11 Å². The number of methoxy groups -OCH3 is 1. The summed E-state index contributed by atoms with van der Waals surface area (Å²) in [5, 5.41) is 0. The summed E-state index contributed by atoms with van der Waals surface area (Å²) < 4.78 is 11.7. The van der Waals surface area contributed by atoms with Crippen molar-refractivity contribution in [3.8, 4) is 11.5 Å². The van der Waals surface area contributed by atoms with Crippen molar-refractivity contribution >= 4 is 0 Å². The van der Waals surface area contributed by atoms with Gasteiger partial charge in [0.05, 0.1) is 13.7 Å². The highest BCUT2D eigenvalue weighted by Crippen LogP contribution is 2.45. The largest absolute Gasteiger partial charge is 0.497 e. The van der Waals surface area contributed by atoms with Crippen molar-refractivity contribution in [1.82, 2.24) is 9.80 Å². The van der Waals surface area contributed by atoms with Crippen molar-refractivity contribution in [1.29, 1.82) is 0 Å². The molecule has 3 aliphatic rings. The molecule has 0 radical (unpaired) electrons. The topological polar surface area (TPSA) is 24.9 Å². The molecule has 2 fully saturated rings. The molecule has 0 aliphatic carbocycles. The first-order valence-electron chi connectivity index (χ1n) is 12.2. The van der Waals surface area contributed by atoms with Gasteiger partial charge < -0.3 is 14.4 Å². The number of ether oxygens (including phenoxy) is 2. The van der Waals surface area contributed by atoms with Crippen LogP contribution in [-0.2, 0) is 0 Å². The zero-order valence-electron chi connectivity index (χ0n) is 18.9. The molecule has 0 saturated carbocycles. The average molecular weight is 421 g/mol. The third-order valence-electron chi connectivity index (χ3n) is 7.41. The Labute approximate surface area is 187 Å². The number of likely N-dealkylation sites (tertiary alicyclic amines) is 1. The Hall–Kier alpha value is -2.04. The molecular formula is C27H36N2O2. The number of fused-ring (bicyclic) bond motifs is 3. The van der Waals surface area contributed by atoms with Gasteiger partial charge in [-0.1, -0.05) is 24.6 Å². The Bertz CT molecular complexity index is 877. The maximum atomic E-state index is 6.22. The van der Waals surface area contributed by atoms with Gasteiger partial charge in [-0.15, -0.1) is 0 Å². The Morgan fingerprint density at radius 1 is 0.903 bits per heavy atom. The van der Waals surface area contributed by atoms with E-state index in [-0.39, 0.29) is 0 Å². The van der Waals surface area contributed by atoms with E-state index in [9.17, 15) is 0 Å². The van der Waals surface area contributed by atoms with E-state index in [0.29, 0.717) is 12.0 Å². The van der Waals surface area contributed by atoms with Crippen LogP contribution < -0.4 is 9.47 Å². The van der Waals surface area contributed by atoms with Crippen molar-refractivity contribution in [3.05, 3.63) is 59.2 Å². The van der Waals surface area contributed by atoms with Gasteiger partial charge >= 0.3 is 0 Å². The Morgan fingerprint density at radius 3 is 2.68 bits per heavy atom. The normalized spacial score (nSPS) is 23.9. The number of nitrogens with zero attached hydrogens (tertiary/aromatic N) is 2. The van der Waals surface area contributed by atoms with Crippen LogP contribution in [0.4, 0.5) is 0 Å². The Morgan fingerprint density at radius 2 is 1.81 bits per heavy atom. The van der Waals surface area contributed by atoms with Crippen LogP contribution in [0.25, 0.3) is 0 Å². The third-order valence-corrected chi connectivity index (χ3v) is 7.41. The van der Waals surface area contributed by atoms with E-state index in [1.807, 2.05) is 6.07 Å². The third kappa shape index (κ3) is 4.61. The fraction of sp³-hybridized carbons (Fsp3) is 0.556. The highest BCUT2D eigenvalue weighted by atomic mass is 16.5. The molecule has 0 bridgehead atoms. The van der Waals surface area contributed by atoms with Crippen molar-refractivity contribution < 1.29 is 9.47 Å². The van der Waals surface area contributed by atoms with Gasteiger partial charge in [0.1, 0.15) is 11.5 Å². The molecule has 0 aromatic heterocycles. The molecule has 3 aliphatic heterocycles. The molecule has 2 saturated heterocycles. The van der Waals surface area contributed by atoms with Gasteiger partial charge in [0.25, 0.3) is 0 Å². The van der Waals surface area contributed by atoms with Gasteiger partial charge in [-0.2, -0.15) is 0 Å². The second kappa shape index (κ2) is 9.62. The molecule has 5 rings (SSSR count). The summed E-state index contributed by atoms with van der Waals surface area (Å²) in [5.74, 6) is 2.37. The number of hydrogen-bond donors (Lipinski definition) is 0. The van der Waals surface area contributed by atoms with Crippen molar-refractivity contribution in [2.75, 3.05) is 46.4 Å². The lowest BCUT2D eigenvalue weighted by Crippen LogP contribution is -2.34. The van der Waals surface area contributed by atoms with Gasteiger partial charge in [-0.3, -0.25) is 4.90 Å². The minimum absolute atomic E-state index is 0.396. The van der Waals surface area contributed by atoms with Crippen LogP contribution in [-0.4, -0.2) is 56.2 Å². The predicted octanol–water partition coefficient (Wildman–Crippen LogP) is 5.23. The molecule has 2 atom stereocenters. The van der Waals surface area contributed by atoms with Gasteiger partial charge in [0.2, 0.25) is 0 Å². The number of benzene rings is 2. The summed E-state index contributed by atoms with van der Waals surface area (Å²) in [7, 11) is 1.75. The summed E-state index contributed by atoms with van der Waals surface area (Å²) in [6, 6.07) is 16.0. The van der Waals surface area contributed by atoms with Crippen molar-refractivity contribution in [2.24, 2.45) is 0 Å². The lowest BCUT2D eigenvalue weighted by atomic mass is 9.81. The van der Waals surface area contributed by atoms with Crippen molar-refractivity contribution in [2.45, 2.75) is 50.5 Å². The van der Waals surface area contributed by atoms with Crippen LogP contribution >= 0.6 is 0 Å². The van der Waals surface area contributed by atoms with Gasteiger partial charge in [0.15, 0.2) is 0 Å². The highest BCUT2D eigenvalue weighted by Gasteiger charge is 2.36. The van der Waals surface area contributed by atoms with E-state index in [0.717, 1.165) is 31.1 Å². The Balaban J connectivity index is 1.31. The second-order valence-electron chi connectivity index (χ2n) is 9.38. The SMILES string of the molecule is COc1cccc([C@@H]2CN3CCC[C@@H]3c3cc(OCCCN4CCCCC4)ccc32)c1. The summed E-state index contributed by atoms with van der Waals surface area (Å²) >= 11 is 0. The molecule has 166 valence electrons. The summed E-state index contributed by atoms with van der Waals surface area (Å²) in [5.41, 5.74) is 4.29. The minimum Gasteiger partial charge on any atom is -0.497 e. The smallest absolute Gasteiger partial charge is 0.119 e. The van der Waals surface area contributed by atoms with E-state index < -0.39 is 0 Å². The zero-order valence-corrected chi connectivity index (χ0v) is 18.9. The summed E-state index contributed by atoms with van der Waals surface area (Å²) in [6.07, 6.45) is 7.78. The summed E-state index contributed by atoms with van der Waals surface area (Å²) in [6.45, 7) is 6.80. The molecule has 0 unspecified atom stereocenters. The molecule has 0 amide bonds. The van der Waals surface area contributed by atoms with E-state index in [4.69, 9.17) is 9.47 Å². The molecule has 3 heterocycles. The van der Waals surface area contributed by atoms with Crippen LogP contribution in [0.2, 0.25) is 0 Å². The van der Waals surface area contributed by atoms with E-state index in [1.165, 1.54) is 75.0 Å². The number of piperidine rings is 1.